The number of allylic oxidation sites excluding steroid dienone is 4. The molecule has 0 bridgehead atoms. The summed E-state index contributed by atoms with van der Waals surface area (Å²) in [6.45, 7) is 13.4. The molecule has 0 saturated heterocycles. The van der Waals surface area contributed by atoms with Crippen LogP contribution in [0.25, 0.3) is 0 Å². The van der Waals surface area contributed by atoms with E-state index in [0.29, 0.717) is 5.57 Å². The lowest BCUT2D eigenvalue weighted by molar-refractivity contribution is 0.188. The van der Waals surface area contributed by atoms with Gasteiger partial charge in [0.15, 0.2) is 0 Å². The molecule has 2 nitrogen and oxygen atoms in total. The van der Waals surface area contributed by atoms with Crippen LogP contribution in [-0.2, 0) is 4.74 Å². The van der Waals surface area contributed by atoms with Crippen molar-refractivity contribution >= 4 is 5.90 Å². The van der Waals surface area contributed by atoms with E-state index in [9.17, 15) is 8.78 Å². The summed E-state index contributed by atoms with van der Waals surface area (Å²) in [7, 11) is 1.26. The second kappa shape index (κ2) is 11.6. The fourth-order valence-electron chi connectivity index (χ4n) is 0.873. The van der Waals surface area contributed by atoms with Crippen molar-refractivity contribution in [3.63, 3.8) is 0 Å². The van der Waals surface area contributed by atoms with Crippen LogP contribution in [0.4, 0.5) is 8.78 Å². The summed E-state index contributed by atoms with van der Waals surface area (Å²) < 4.78 is 29.6. The number of alkyl halides is 2. The third-order valence-electron chi connectivity index (χ3n) is 2.25. The summed E-state index contributed by atoms with van der Waals surface area (Å²) in [5.74, 6) is -0.426. The number of halogens is 2. The van der Waals surface area contributed by atoms with Gasteiger partial charge in [0.25, 0.3) is 5.90 Å². The molecule has 0 aliphatic carbocycles. The predicted octanol–water partition coefficient (Wildman–Crippen LogP) is 5.14. The molecule has 0 aromatic rings. The van der Waals surface area contributed by atoms with Gasteiger partial charge in [-0.1, -0.05) is 45.1 Å². The van der Waals surface area contributed by atoms with Crippen LogP contribution in [0, 0.1) is 0 Å². The summed E-state index contributed by atoms with van der Waals surface area (Å²) in [6, 6.07) is 0. The topological polar surface area (TPSA) is 21.6 Å². The van der Waals surface area contributed by atoms with Gasteiger partial charge in [0, 0.05) is 7.05 Å². The first kappa shape index (κ1) is 19.9. The summed E-state index contributed by atoms with van der Waals surface area (Å²) in [4.78, 5) is 3.36. The van der Waals surface area contributed by atoms with Crippen LogP contribution in [0.3, 0.4) is 0 Å². The van der Waals surface area contributed by atoms with Crippen molar-refractivity contribution in [2.24, 2.45) is 4.99 Å². The molecule has 0 heterocycles. The largest absolute Gasteiger partial charge is 0.438 e. The Morgan fingerprint density at radius 1 is 1.26 bits per heavy atom. The average molecular weight is 273 g/mol. The van der Waals surface area contributed by atoms with Gasteiger partial charge < -0.3 is 4.74 Å². The highest BCUT2D eigenvalue weighted by Gasteiger charge is 2.15. The number of hydrogen-bond acceptors (Lipinski definition) is 2. The molecule has 0 radical (unpaired) electrons. The maximum Gasteiger partial charge on any atom is 0.312 e. The lowest BCUT2D eigenvalue weighted by Crippen LogP contribution is -2.14. The molecule has 0 spiro atoms. The Bertz CT molecular complexity index is 355. The lowest BCUT2D eigenvalue weighted by atomic mass is 10.2. The molecule has 0 N–H and O–H groups in total. The average Bonchev–Trinajstić information content (AvgIpc) is 2.42. The molecule has 110 valence electrons. The van der Waals surface area contributed by atoms with Gasteiger partial charge in [-0.25, -0.2) is 0 Å². The fraction of sp³-hybridized carbons (Fsp3) is 0.533. The zero-order valence-electron chi connectivity index (χ0n) is 12.8. The summed E-state index contributed by atoms with van der Waals surface area (Å²) in [5.41, 5.74) is 1.88. The van der Waals surface area contributed by atoms with E-state index in [1.807, 2.05) is 33.8 Å². The van der Waals surface area contributed by atoms with Crippen LogP contribution >= 0.6 is 0 Å². The van der Waals surface area contributed by atoms with Crippen molar-refractivity contribution in [1.29, 1.82) is 0 Å². The van der Waals surface area contributed by atoms with Crippen LogP contribution in [0.15, 0.2) is 40.6 Å². The number of hydrogen-bond donors (Lipinski definition) is 0. The van der Waals surface area contributed by atoms with Gasteiger partial charge >= 0.3 is 6.43 Å². The monoisotopic (exact) mass is 273 g/mol. The molecule has 0 aliphatic heterocycles. The first-order chi connectivity index (χ1) is 8.92. The lowest BCUT2D eigenvalue weighted by Gasteiger charge is -2.09. The standard InChI is InChI=1S/C13H19F2NO.C2H6/c1-6-9(2)7-8-10(3)11(4)17-13(16-5)12(14)15;1-2/h7-8,12H,4,6H2,1-3,5H3;1-2H3/b9-7+,10-8+,16-13?;. The minimum Gasteiger partial charge on any atom is -0.438 e. The molecule has 0 fully saturated rings. The van der Waals surface area contributed by atoms with E-state index in [0.717, 1.165) is 6.42 Å². The highest BCUT2D eigenvalue weighted by molar-refractivity contribution is 5.80. The van der Waals surface area contributed by atoms with Crippen molar-refractivity contribution in [2.45, 2.75) is 47.5 Å². The molecule has 0 aliphatic rings. The van der Waals surface area contributed by atoms with Crippen LogP contribution in [0.2, 0.25) is 0 Å². The molecule has 0 aromatic carbocycles. The Labute approximate surface area is 115 Å². The minimum absolute atomic E-state index is 0.186. The first-order valence-electron chi connectivity index (χ1n) is 6.38. The Balaban J connectivity index is 0. The third-order valence-corrected chi connectivity index (χ3v) is 2.25. The van der Waals surface area contributed by atoms with E-state index in [1.165, 1.54) is 12.6 Å². The molecular formula is C15H25F2NO. The molecule has 4 heteroatoms. The molecule has 0 unspecified atom stereocenters. The second-order valence-electron chi connectivity index (χ2n) is 3.60. The van der Waals surface area contributed by atoms with E-state index in [1.54, 1.807) is 13.0 Å². The van der Waals surface area contributed by atoms with Gasteiger partial charge in [0.2, 0.25) is 0 Å². The smallest absolute Gasteiger partial charge is 0.312 e. The van der Waals surface area contributed by atoms with Crippen molar-refractivity contribution < 1.29 is 13.5 Å². The Morgan fingerprint density at radius 3 is 2.16 bits per heavy atom. The van der Waals surface area contributed by atoms with Crippen LogP contribution in [-0.4, -0.2) is 19.4 Å². The molecule has 19 heavy (non-hydrogen) atoms. The fourth-order valence-corrected chi connectivity index (χ4v) is 0.873. The molecule has 0 rings (SSSR count). The highest BCUT2D eigenvalue weighted by atomic mass is 19.3. The molecule has 0 saturated carbocycles. The van der Waals surface area contributed by atoms with Crippen molar-refractivity contribution in [3.05, 3.63) is 35.6 Å². The van der Waals surface area contributed by atoms with Crippen molar-refractivity contribution in [2.75, 3.05) is 7.05 Å². The van der Waals surface area contributed by atoms with E-state index >= 15 is 0 Å². The summed E-state index contributed by atoms with van der Waals surface area (Å²) in [6.07, 6.45) is 1.92. The van der Waals surface area contributed by atoms with Crippen LogP contribution in [0.1, 0.15) is 41.0 Å². The van der Waals surface area contributed by atoms with Crippen molar-refractivity contribution in [1.82, 2.24) is 0 Å². The summed E-state index contributed by atoms with van der Waals surface area (Å²) in [5, 5.41) is 0. The number of rotatable bonds is 5. The number of nitrogens with zero attached hydrogens (tertiary/aromatic N) is 1. The Kier molecular flexibility index (Phi) is 12.2. The van der Waals surface area contributed by atoms with E-state index in [2.05, 4.69) is 11.6 Å². The van der Waals surface area contributed by atoms with Crippen molar-refractivity contribution in [3.8, 4) is 0 Å². The van der Waals surface area contributed by atoms with Gasteiger partial charge in [0.05, 0.1) is 0 Å². The van der Waals surface area contributed by atoms with E-state index in [4.69, 9.17) is 4.74 Å². The maximum atomic E-state index is 12.4. The summed E-state index contributed by atoms with van der Waals surface area (Å²) >= 11 is 0. The maximum absolute atomic E-state index is 12.4. The van der Waals surface area contributed by atoms with Gasteiger partial charge in [-0.15, -0.1) is 0 Å². The quantitative estimate of drug-likeness (QED) is 0.294. The van der Waals surface area contributed by atoms with Gasteiger partial charge in [-0.05, 0) is 25.8 Å². The first-order valence-corrected chi connectivity index (χ1v) is 6.38. The molecule has 0 amide bonds. The van der Waals surface area contributed by atoms with Gasteiger partial charge in [-0.3, -0.25) is 4.99 Å². The Hall–Kier alpha value is -1.45. The molecule has 0 atom stereocenters. The van der Waals surface area contributed by atoms with Crippen LogP contribution < -0.4 is 0 Å². The number of ether oxygens (including phenoxy) is 1. The number of aliphatic imine (C=N–C) groups is 1. The van der Waals surface area contributed by atoms with Gasteiger partial charge in [-0.2, -0.15) is 8.78 Å². The molecular weight excluding hydrogens is 248 g/mol. The van der Waals surface area contributed by atoms with Crippen LogP contribution in [0.5, 0.6) is 0 Å². The zero-order chi connectivity index (χ0) is 15.4. The van der Waals surface area contributed by atoms with E-state index < -0.39 is 12.3 Å². The minimum atomic E-state index is -2.72. The van der Waals surface area contributed by atoms with Gasteiger partial charge in [0.1, 0.15) is 5.76 Å². The Morgan fingerprint density at radius 2 is 1.79 bits per heavy atom. The second-order valence-corrected chi connectivity index (χ2v) is 3.60. The third kappa shape index (κ3) is 9.17. The molecule has 0 aromatic heterocycles. The normalized spacial score (nSPS) is 13.0. The predicted molar refractivity (Wildman–Crippen MR) is 78.7 cm³/mol. The van der Waals surface area contributed by atoms with E-state index in [-0.39, 0.29) is 5.76 Å². The highest BCUT2D eigenvalue weighted by Crippen LogP contribution is 2.13. The SMILES string of the molecule is C=C(OC(=NC)C(F)F)/C(C)=C/C=C(\C)CC.CC. The zero-order valence-corrected chi connectivity index (χ0v) is 12.8.